The molecule has 0 fully saturated rings. The Balaban J connectivity index is 3.42. The van der Waals surface area contributed by atoms with Crippen molar-refractivity contribution in [3.05, 3.63) is 50.1 Å². The van der Waals surface area contributed by atoms with E-state index in [0.717, 1.165) is 18.2 Å². The highest BCUT2D eigenvalue weighted by Gasteiger charge is 2.26. The van der Waals surface area contributed by atoms with Gasteiger partial charge in [0.25, 0.3) is 5.69 Å². The van der Waals surface area contributed by atoms with Crippen molar-refractivity contribution in [3.63, 3.8) is 0 Å². The Morgan fingerprint density at radius 3 is 2.40 bits per heavy atom. The van der Waals surface area contributed by atoms with Gasteiger partial charge in [0.2, 0.25) is 5.75 Å². The van der Waals surface area contributed by atoms with Gasteiger partial charge in [-0.05, 0) is 13.3 Å². The van der Waals surface area contributed by atoms with Crippen LogP contribution >= 0.6 is 0 Å². The van der Waals surface area contributed by atoms with Crippen molar-refractivity contribution < 1.29 is 19.4 Å². The van der Waals surface area contributed by atoms with Crippen molar-refractivity contribution in [2.75, 3.05) is 0 Å². The van der Waals surface area contributed by atoms with E-state index in [-0.39, 0.29) is 17.7 Å². The second-order valence-corrected chi connectivity index (χ2v) is 3.74. The Bertz CT molecular complexity index is 594. The summed E-state index contributed by atoms with van der Waals surface area (Å²) in [5, 5.41) is 21.7. The average Bonchev–Trinajstić information content (AvgIpc) is 2.38. The van der Waals surface area contributed by atoms with Crippen molar-refractivity contribution in [3.8, 4) is 5.75 Å². The van der Waals surface area contributed by atoms with Crippen LogP contribution in [0.5, 0.6) is 5.75 Å². The molecule has 0 aliphatic rings. The lowest BCUT2D eigenvalue weighted by atomic mass is 10.1. The van der Waals surface area contributed by atoms with E-state index in [4.69, 9.17) is 4.74 Å². The highest BCUT2D eigenvalue weighted by Crippen LogP contribution is 2.35. The van der Waals surface area contributed by atoms with Crippen LogP contribution in [0.1, 0.15) is 19.4 Å². The van der Waals surface area contributed by atoms with Crippen molar-refractivity contribution in [2.24, 2.45) is 0 Å². The van der Waals surface area contributed by atoms with Gasteiger partial charge in [-0.2, -0.15) is 0 Å². The van der Waals surface area contributed by atoms with Crippen LogP contribution in [-0.4, -0.2) is 15.8 Å². The number of nitro groups is 2. The molecule has 20 heavy (non-hydrogen) atoms. The first-order chi connectivity index (χ1) is 9.40. The maximum atomic E-state index is 11.4. The third-order valence-electron chi connectivity index (χ3n) is 2.42. The monoisotopic (exact) mass is 280 g/mol. The number of aryl methyl sites for hydroxylation is 1. The van der Waals surface area contributed by atoms with E-state index in [1.54, 1.807) is 13.8 Å². The third-order valence-corrected chi connectivity index (χ3v) is 2.42. The third kappa shape index (κ3) is 3.37. The van der Waals surface area contributed by atoms with Gasteiger partial charge in [-0.3, -0.25) is 20.2 Å². The first-order valence-electron chi connectivity index (χ1n) is 5.70. The summed E-state index contributed by atoms with van der Waals surface area (Å²) < 4.78 is 4.91. The molecule has 1 aromatic rings. The van der Waals surface area contributed by atoms with Gasteiger partial charge in [-0.1, -0.05) is 13.0 Å². The number of carbonyl (C=O) groups is 1. The summed E-state index contributed by atoms with van der Waals surface area (Å²) in [6, 6.07) is 1.93. The largest absolute Gasteiger partial charge is 0.416 e. The minimum Gasteiger partial charge on any atom is -0.416 e. The Morgan fingerprint density at radius 1 is 1.30 bits per heavy atom. The SMILES string of the molecule is C/C=C/C(=O)Oc1c(CC)cc([N+](=O)[O-])cc1[N+](=O)[O-]. The zero-order valence-corrected chi connectivity index (χ0v) is 10.9. The topological polar surface area (TPSA) is 113 Å². The van der Waals surface area contributed by atoms with Gasteiger partial charge >= 0.3 is 11.7 Å². The molecule has 0 heterocycles. The van der Waals surface area contributed by atoms with Gasteiger partial charge in [0.05, 0.1) is 15.9 Å². The summed E-state index contributed by atoms with van der Waals surface area (Å²) in [6.45, 7) is 3.24. The molecule has 106 valence electrons. The van der Waals surface area contributed by atoms with Crippen LogP contribution in [0.15, 0.2) is 24.3 Å². The predicted octanol–water partition coefficient (Wildman–Crippen LogP) is 2.55. The quantitative estimate of drug-likeness (QED) is 0.269. The molecule has 0 aliphatic heterocycles. The summed E-state index contributed by atoms with van der Waals surface area (Å²) in [5.41, 5.74) is -0.794. The number of hydrogen-bond donors (Lipinski definition) is 0. The molecule has 8 heteroatoms. The Kier molecular flexibility index (Phi) is 4.90. The molecular weight excluding hydrogens is 268 g/mol. The van der Waals surface area contributed by atoms with Crippen molar-refractivity contribution in [1.82, 2.24) is 0 Å². The van der Waals surface area contributed by atoms with Gasteiger partial charge in [-0.25, -0.2) is 4.79 Å². The fourth-order valence-corrected chi connectivity index (χ4v) is 1.55. The minimum absolute atomic E-state index is 0.226. The summed E-state index contributed by atoms with van der Waals surface area (Å²) in [6.07, 6.45) is 2.77. The second kappa shape index (κ2) is 6.41. The number of nitro benzene ring substituents is 2. The molecule has 0 unspecified atom stereocenters. The molecule has 0 aliphatic carbocycles. The summed E-state index contributed by atoms with van der Waals surface area (Å²) >= 11 is 0. The van der Waals surface area contributed by atoms with Crippen LogP contribution in [0.4, 0.5) is 11.4 Å². The molecule has 0 bridgehead atoms. The smallest absolute Gasteiger partial charge is 0.336 e. The van der Waals surface area contributed by atoms with E-state index in [1.165, 1.54) is 6.08 Å². The van der Waals surface area contributed by atoms with E-state index >= 15 is 0 Å². The van der Waals surface area contributed by atoms with Gasteiger partial charge in [0, 0.05) is 17.7 Å². The van der Waals surface area contributed by atoms with Crippen LogP contribution in [-0.2, 0) is 11.2 Å². The van der Waals surface area contributed by atoms with E-state index in [0.29, 0.717) is 0 Å². The van der Waals surface area contributed by atoms with Crippen molar-refractivity contribution in [1.29, 1.82) is 0 Å². The highest BCUT2D eigenvalue weighted by atomic mass is 16.6. The van der Waals surface area contributed by atoms with E-state index < -0.39 is 27.2 Å². The van der Waals surface area contributed by atoms with Crippen molar-refractivity contribution in [2.45, 2.75) is 20.3 Å². The molecule has 0 atom stereocenters. The minimum atomic E-state index is -0.815. The van der Waals surface area contributed by atoms with Crippen molar-refractivity contribution >= 4 is 17.3 Å². The number of carbonyl (C=O) groups excluding carboxylic acids is 1. The van der Waals surface area contributed by atoms with Crippen LogP contribution in [0, 0.1) is 20.2 Å². The summed E-state index contributed by atoms with van der Waals surface area (Å²) in [4.78, 5) is 31.6. The Morgan fingerprint density at radius 2 is 1.95 bits per heavy atom. The average molecular weight is 280 g/mol. The maximum Gasteiger partial charge on any atom is 0.336 e. The van der Waals surface area contributed by atoms with E-state index in [2.05, 4.69) is 0 Å². The second-order valence-electron chi connectivity index (χ2n) is 3.74. The van der Waals surface area contributed by atoms with Gasteiger partial charge < -0.3 is 4.74 Å². The molecule has 1 rings (SSSR count). The van der Waals surface area contributed by atoms with Crippen LogP contribution < -0.4 is 4.74 Å². The number of non-ortho nitro benzene ring substituents is 1. The Labute approximate surface area is 114 Å². The molecule has 0 N–H and O–H groups in total. The molecule has 0 aromatic heterocycles. The van der Waals surface area contributed by atoms with Crippen LogP contribution in [0.25, 0.3) is 0 Å². The lowest BCUT2D eigenvalue weighted by Gasteiger charge is -2.08. The zero-order valence-electron chi connectivity index (χ0n) is 10.9. The van der Waals surface area contributed by atoms with Crippen LogP contribution in [0.2, 0.25) is 0 Å². The molecule has 0 saturated carbocycles. The molecule has 0 amide bonds. The molecular formula is C12H12N2O6. The molecule has 0 saturated heterocycles. The zero-order chi connectivity index (χ0) is 15.3. The standard InChI is InChI=1S/C12H12N2O6/c1-3-5-11(15)20-12-8(4-2)6-9(13(16)17)7-10(12)14(18)19/h3,5-7H,4H2,1-2H3/b5-3+. The number of nitrogens with zero attached hydrogens (tertiary/aromatic N) is 2. The Hall–Kier alpha value is -2.77. The lowest BCUT2D eigenvalue weighted by Crippen LogP contribution is -2.08. The highest BCUT2D eigenvalue weighted by molar-refractivity contribution is 5.85. The number of rotatable bonds is 5. The molecule has 8 nitrogen and oxygen atoms in total. The molecule has 0 spiro atoms. The van der Waals surface area contributed by atoms with Gasteiger partial charge in [0.15, 0.2) is 0 Å². The first kappa shape index (κ1) is 15.3. The van der Waals surface area contributed by atoms with E-state index in [1.807, 2.05) is 0 Å². The van der Waals surface area contributed by atoms with Crippen LogP contribution in [0.3, 0.4) is 0 Å². The normalized spacial score (nSPS) is 10.5. The maximum absolute atomic E-state index is 11.4. The fourth-order valence-electron chi connectivity index (χ4n) is 1.55. The number of allylic oxidation sites excluding steroid dienone is 1. The fraction of sp³-hybridized carbons (Fsp3) is 0.250. The number of ether oxygens (including phenoxy) is 1. The van der Waals surface area contributed by atoms with E-state index in [9.17, 15) is 25.0 Å². The van der Waals surface area contributed by atoms with Gasteiger partial charge in [0.1, 0.15) is 0 Å². The first-order valence-corrected chi connectivity index (χ1v) is 5.70. The predicted molar refractivity (Wildman–Crippen MR) is 69.6 cm³/mol. The summed E-state index contributed by atoms with van der Waals surface area (Å²) in [5.74, 6) is -1.04. The number of hydrogen-bond acceptors (Lipinski definition) is 6. The molecule has 1 aromatic carbocycles. The molecule has 0 radical (unpaired) electrons. The summed E-state index contributed by atoms with van der Waals surface area (Å²) in [7, 11) is 0. The number of benzene rings is 1. The van der Waals surface area contributed by atoms with Gasteiger partial charge in [-0.15, -0.1) is 0 Å². The number of esters is 1. The lowest BCUT2D eigenvalue weighted by molar-refractivity contribution is -0.394.